The van der Waals surface area contributed by atoms with E-state index in [0.717, 1.165) is 37.8 Å². The maximum absolute atomic E-state index is 14.3. The molecule has 3 rings (SSSR count). The van der Waals surface area contributed by atoms with Crippen molar-refractivity contribution in [1.82, 2.24) is 20.0 Å². The summed E-state index contributed by atoms with van der Waals surface area (Å²) in [6.45, 7) is 13.2. The van der Waals surface area contributed by atoms with Crippen molar-refractivity contribution in [1.29, 1.82) is 0 Å². The van der Waals surface area contributed by atoms with Crippen molar-refractivity contribution < 1.29 is 33.4 Å². The smallest absolute Gasteiger partial charge is 0.240 e. The van der Waals surface area contributed by atoms with Gasteiger partial charge in [-0.2, -0.15) is 0 Å². The molecule has 53 heavy (non-hydrogen) atoms. The van der Waals surface area contributed by atoms with Crippen molar-refractivity contribution in [2.75, 3.05) is 41.4 Å². The number of carbonyl (C=O) groups is 5. The lowest BCUT2D eigenvalue weighted by molar-refractivity contribution is -0.149. The molecule has 1 aromatic carbocycles. The topological polar surface area (TPSA) is 152 Å². The number of methoxy groups -OCH3 is 2. The molecule has 0 aromatic heterocycles. The number of nitrogens with zero attached hydrogens (tertiary/aromatic N) is 3. The summed E-state index contributed by atoms with van der Waals surface area (Å²) in [5, 5.41) is 2.82. The van der Waals surface area contributed by atoms with Gasteiger partial charge in [0, 0.05) is 46.6 Å². The lowest BCUT2D eigenvalue weighted by Gasteiger charge is -2.41. The number of carbonyl (C=O) groups excluding carboxylic acids is 5. The Kier molecular flexibility index (Phi) is 16.5. The summed E-state index contributed by atoms with van der Waals surface area (Å²) in [5.41, 5.74) is 5.98. The molecule has 2 saturated heterocycles. The van der Waals surface area contributed by atoms with Gasteiger partial charge in [-0.15, -0.1) is 0 Å². The minimum atomic E-state index is -0.897. The van der Waals surface area contributed by atoms with Crippen molar-refractivity contribution in [3.8, 4) is 0 Å². The molecule has 298 valence electrons. The fourth-order valence-electron chi connectivity index (χ4n) is 8.42. The third-order valence-corrected chi connectivity index (χ3v) is 12.3. The molecule has 2 aliphatic heterocycles. The van der Waals surface area contributed by atoms with Crippen LogP contribution in [-0.4, -0.2) is 121 Å². The van der Waals surface area contributed by atoms with Crippen LogP contribution in [0.1, 0.15) is 92.1 Å². The molecule has 2 fully saturated rings. The molecule has 0 unspecified atom stereocenters. The lowest BCUT2D eigenvalue weighted by atomic mass is 9.81. The van der Waals surface area contributed by atoms with Gasteiger partial charge in [-0.25, -0.2) is 0 Å². The number of hydrogen-bond acceptors (Lipinski definition) is 8. The molecule has 2 aliphatic rings. The largest absolute Gasteiger partial charge is 0.379 e. The van der Waals surface area contributed by atoms with Crippen LogP contribution < -0.4 is 11.1 Å². The molecule has 3 N–H and O–H groups in total. The van der Waals surface area contributed by atoms with Gasteiger partial charge >= 0.3 is 0 Å². The summed E-state index contributed by atoms with van der Waals surface area (Å²) in [6.07, 6.45) is 3.11. The number of likely N-dealkylation sites (tertiary alicyclic amines) is 2. The molecule has 0 bridgehead atoms. The van der Waals surface area contributed by atoms with Gasteiger partial charge in [-0.1, -0.05) is 71.4 Å². The SMILES string of the molecule is CC[C@H](C)[C@@H]([C@@H](CC(=O)N1CCC[C@H]1[C@H](OC)[C@@H](C)C(=O)N[C@@H](Cc1ccccc1)C(N)=O)OC)N(C)C(=O)[C@@H](CC(=O)[C@]1(C)CCCN1C)C(C)C. The second kappa shape index (κ2) is 19.8. The molecule has 0 radical (unpaired) electrons. The number of benzene rings is 1. The Morgan fingerprint density at radius 3 is 2.19 bits per heavy atom. The summed E-state index contributed by atoms with van der Waals surface area (Å²) in [6, 6.07) is 7.66. The van der Waals surface area contributed by atoms with Crippen LogP contribution in [0.25, 0.3) is 0 Å². The minimum absolute atomic E-state index is 0.00241. The summed E-state index contributed by atoms with van der Waals surface area (Å²) in [4.78, 5) is 73.6. The first-order valence-corrected chi connectivity index (χ1v) is 19.5. The maximum atomic E-state index is 14.3. The summed E-state index contributed by atoms with van der Waals surface area (Å²) >= 11 is 0. The van der Waals surface area contributed by atoms with Gasteiger partial charge < -0.3 is 30.3 Å². The van der Waals surface area contributed by atoms with Gasteiger partial charge in [-0.05, 0) is 63.6 Å². The number of rotatable bonds is 20. The van der Waals surface area contributed by atoms with E-state index in [1.54, 1.807) is 30.9 Å². The Morgan fingerprint density at radius 1 is 1.00 bits per heavy atom. The normalized spacial score (nSPS) is 23.2. The highest BCUT2D eigenvalue weighted by Crippen LogP contribution is 2.34. The molecular weight excluding hydrogens is 674 g/mol. The van der Waals surface area contributed by atoms with E-state index in [9.17, 15) is 24.0 Å². The van der Waals surface area contributed by atoms with Crippen molar-refractivity contribution in [3.63, 3.8) is 0 Å². The van der Waals surface area contributed by atoms with E-state index in [1.807, 2.05) is 58.2 Å². The Morgan fingerprint density at radius 2 is 1.66 bits per heavy atom. The fraction of sp³-hybridized carbons (Fsp3) is 0.732. The third-order valence-electron chi connectivity index (χ3n) is 12.3. The average molecular weight is 742 g/mol. The highest BCUT2D eigenvalue weighted by atomic mass is 16.5. The second-order valence-corrected chi connectivity index (χ2v) is 16.0. The Hall–Kier alpha value is -3.35. The van der Waals surface area contributed by atoms with Gasteiger partial charge in [0.2, 0.25) is 23.6 Å². The second-order valence-electron chi connectivity index (χ2n) is 16.0. The summed E-state index contributed by atoms with van der Waals surface area (Å²) in [7, 11) is 6.85. The van der Waals surface area contributed by atoms with Crippen LogP contribution in [0, 0.1) is 23.7 Å². The number of ether oxygens (including phenoxy) is 2. The van der Waals surface area contributed by atoms with E-state index in [2.05, 4.69) is 24.1 Å². The van der Waals surface area contributed by atoms with E-state index in [0.29, 0.717) is 13.0 Å². The third kappa shape index (κ3) is 10.7. The Balaban J connectivity index is 1.77. The molecule has 0 spiro atoms. The zero-order chi connectivity index (χ0) is 39.6. The lowest BCUT2D eigenvalue weighted by Crippen LogP contribution is -2.55. The fourth-order valence-corrected chi connectivity index (χ4v) is 8.42. The molecule has 12 heteroatoms. The number of nitrogens with one attached hydrogen (secondary N) is 1. The molecule has 9 atom stereocenters. The van der Waals surface area contributed by atoms with E-state index in [4.69, 9.17) is 15.2 Å². The average Bonchev–Trinajstić information content (AvgIpc) is 3.76. The van der Waals surface area contributed by atoms with Crippen LogP contribution >= 0.6 is 0 Å². The molecule has 1 aromatic rings. The minimum Gasteiger partial charge on any atom is -0.379 e. The monoisotopic (exact) mass is 742 g/mol. The van der Waals surface area contributed by atoms with E-state index in [-0.39, 0.29) is 60.6 Å². The van der Waals surface area contributed by atoms with Crippen LogP contribution in [0.4, 0.5) is 0 Å². The Bertz CT molecular complexity index is 1390. The van der Waals surface area contributed by atoms with Gasteiger partial charge in [0.05, 0.1) is 42.2 Å². The molecular formula is C41H67N5O7. The standard InChI is InChI=1S/C41H67N5O7/c1-11-27(4)36(45(8)40(51)30(26(2)3)24-34(47)41(6)20-16-21-44(41)7)33(52-9)25-35(48)46-22-15-19-32(46)37(53-10)28(5)39(50)43-31(38(42)49)23-29-17-13-12-14-18-29/h12-14,17-18,26-28,30-33,36-37H,11,15-16,19-25H2,1-10H3,(H2,42,49)(H,43,50)/t27-,28+,30-,31-,32-,33+,36-,37+,41-/m0/s1. The molecule has 0 saturated carbocycles. The van der Waals surface area contributed by atoms with Crippen LogP contribution in [0.3, 0.4) is 0 Å². The van der Waals surface area contributed by atoms with Crippen molar-refractivity contribution in [2.24, 2.45) is 29.4 Å². The van der Waals surface area contributed by atoms with Crippen LogP contribution in [-0.2, 0) is 39.9 Å². The van der Waals surface area contributed by atoms with E-state index in [1.165, 1.54) is 7.11 Å². The number of ketones is 1. The van der Waals surface area contributed by atoms with Gasteiger partial charge in [0.1, 0.15) is 6.04 Å². The van der Waals surface area contributed by atoms with Gasteiger partial charge in [0.25, 0.3) is 0 Å². The van der Waals surface area contributed by atoms with Crippen LogP contribution in [0.2, 0.25) is 0 Å². The number of likely N-dealkylation sites (N-methyl/N-ethyl adjacent to an activating group) is 2. The van der Waals surface area contributed by atoms with Crippen molar-refractivity contribution in [2.45, 2.75) is 129 Å². The number of hydrogen-bond donors (Lipinski definition) is 2. The molecule has 0 aliphatic carbocycles. The summed E-state index contributed by atoms with van der Waals surface area (Å²) in [5.74, 6) is -2.42. The predicted octanol–water partition coefficient (Wildman–Crippen LogP) is 3.84. The summed E-state index contributed by atoms with van der Waals surface area (Å²) < 4.78 is 11.9. The quantitative estimate of drug-likeness (QED) is 0.205. The Labute approximate surface area is 317 Å². The van der Waals surface area contributed by atoms with Crippen LogP contribution in [0.15, 0.2) is 30.3 Å². The highest BCUT2D eigenvalue weighted by Gasteiger charge is 2.45. The molecule has 12 nitrogen and oxygen atoms in total. The van der Waals surface area contributed by atoms with Crippen LogP contribution in [0.5, 0.6) is 0 Å². The maximum Gasteiger partial charge on any atom is 0.240 e. The molecule has 2 heterocycles. The highest BCUT2D eigenvalue weighted by molar-refractivity contribution is 5.93. The first kappa shape index (κ1) is 44.0. The van der Waals surface area contributed by atoms with Crippen molar-refractivity contribution in [3.05, 3.63) is 35.9 Å². The van der Waals surface area contributed by atoms with Gasteiger partial charge in [-0.3, -0.25) is 28.9 Å². The number of nitrogens with two attached hydrogens (primary N) is 1. The number of Topliss-reactive ketones (excluding diaryl/α,β-unsaturated/α-hetero) is 1. The van der Waals surface area contributed by atoms with E-state index < -0.39 is 47.6 Å². The number of primary amides is 1. The molecule has 4 amide bonds. The van der Waals surface area contributed by atoms with Crippen molar-refractivity contribution >= 4 is 29.4 Å². The van der Waals surface area contributed by atoms with Gasteiger partial charge in [0.15, 0.2) is 5.78 Å². The predicted molar refractivity (Wildman–Crippen MR) is 206 cm³/mol. The first-order chi connectivity index (χ1) is 25.0. The number of amides is 4. The van der Waals surface area contributed by atoms with E-state index >= 15 is 0 Å². The first-order valence-electron chi connectivity index (χ1n) is 19.5. The zero-order valence-corrected chi connectivity index (χ0v) is 33.9. The zero-order valence-electron chi connectivity index (χ0n) is 33.9.